The van der Waals surface area contributed by atoms with E-state index in [4.69, 9.17) is 0 Å². The van der Waals surface area contributed by atoms with Crippen molar-refractivity contribution in [1.82, 2.24) is 0 Å². The standard InChI is InChI=1S/C68H47N/c1-2-16-52(17-3-1)63-24-8-9-25-64(63)65-26-10-11-27-66(65)67-28-12-13-31-68(67)69(57-44-40-50(41-45-57)48-32-36-55(37-33-48)61-29-14-20-53-18-4-6-22-59(53)61)58-46-42-51(43-47-58)49-34-38-56(39-35-49)62-30-15-21-54-19-5-7-23-60(54)62/h1-47H. The number of hydrogen-bond donors (Lipinski definition) is 0. The van der Waals surface area contributed by atoms with Gasteiger partial charge in [-0.05, 0) is 124 Å². The lowest BCUT2D eigenvalue weighted by Crippen LogP contribution is -2.11. The summed E-state index contributed by atoms with van der Waals surface area (Å²) in [6.45, 7) is 0. The van der Waals surface area contributed by atoms with Gasteiger partial charge in [-0.2, -0.15) is 0 Å². The highest BCUT2D eigenvalue weighted by atomic mass is 15.1. The zero-order valence-electron chi connectivity index (χ0n) is 38.1. The van der Waals surface area contributed by atoms with Crippen molar-refractivity contribution in [2.75, 3.05) is 4.90 Å². The fraction of sp³-hybridized carbons (Fsp3) is 0. The summed E-state index contributed by atoms with van der Waals surface area (Å²) in [6, 6.07) is 104. The SMILES string of the molecule is c1ccc(-c2ccccc2-c2ccccc2-c2ccccc2N(c2ccc(-c3ccc(-c4cccc5ccccc45)cc3)cc2)c2ccc(-c3ccc(-c4cccc5ccccc45)cc3)cc2)cc1. The lowest BCUT2D eigenvalue weighted by molar-refractivity contribution is 1.28. The first kappa shape index (κ1) is 41.4. The fourth-order valence-electron chi connectivity index (χ4n) is 10.1. The summed E-state index contributed by atoms with van der Waals surface area (Å²) in [5.74, 6) is 0. The van der Waals surface area contributed by atoms with Gasteiger partial charge in [0.2, 0.25) is 0 Å². The van der Waals surface area contributed by atoms with Gasteiger partial charge in [-0.15, -0.1) is 0 Å². The Morgan fingerprint density at radius 1 is 0.174 bits per heavy atom. The van der Waals surface area contributed by atoms with Crippen LogP contribution in [0.1, 0.15) is 0 Å². The van der Waals surface area contributed by atoms with E-state index < -0.39 is 0 Å². The second-order valence-electron chi connectivity index (χ2n) is 17.6. The molecule has 0 atom stereocenters. The normalized spacial score (nSPS) is 11.2. The highest BCUT2D eigenvalue weighted by Crippen LogP contribution is 2.46. The molecule has 0 aliphatic carbocycles. The summed E-state index contributed by atoms with van der Waals surface area (Å²) in [5, 5.41) is 5.04. The predicted molar refractivity (Wildman–Crippen MR) is 294 cm³/mol. The van der Waals surface area contributed by atoms with Crippen molar-refractivity contribution in [2.45, 2.75) is 0 Å². The third kappa shape index (κ3) is 8.07. The summed E-state index contributed by atoms with van der Waals surface area (Å²) in [6.07, 6.45) is 0. The third-order valence-electron chi connectivity index (χ3n) is 13.6. The zero-order valence-corrected chi connectivity index (χ0v) is 38.1. The van der Waals surface area contributed by atoms with Gasteiger partial charge in [-0.25, -0.2) is 0 Å². The molecule has 0 bridgehead atoms. The molecule has 0 saturated heterocycles. The Kier molecular flexibility index (Phi) is 11.0. The van der Waals surface area contributed by atoms with Crippen LogP contribution in [0.2, 0.25) is 0 Å². The topological polar surface area (TPSA) is 3.24 Å². The van der Waals surface area contributed by atoms with Crippen LogP contribution in [0.3, 0.4) is 0 Å². The van der Waals surface area contributed by atoms with Crippen molar-refractivity contribution in [3.05, 3.63) is 285 Å². The van der Waals surface area contributed by atoms with E-state index in [-0.39, 0.29) is 0 Å². The monoisotopic (exact) mass is 877 g/mol. The Bertz CT molecular complexity index is 3560. The van der Waals surface area contributed by atoms with Gasteiger partial charge in [0.15, 0.2) is 0 Å². The minimum Gasteiger partial charge on any atom is -0.310 e. The van der Waals surface area contributed by atoms with E-state index in [1.165, 1.54) is 93.9 Å². The maximum atomic E-state index is 2.41. The Balaban J connectivity index is 0.932. The Morgan fingerprint density at radius 3 is 0.971 bits per heavy atom. The van der Waals surface area contributed by atoms with Gasteiger partial charge >= 0.3 is 0 Å². The van der Waals surface area contributed by atoms with E-state index >= 15 is 0 Å². The average molecular weight is 878 g/mol. The van der Waals surface area contributed by atoms with Crippen LogP contribution in [0.25, 0.3) is 99.4 Å². The van der Waals surface area contributed by atoms with Gasteiger partial charge < -0.3 is 4.90 Å². The second kappa shape index (κ2) is 18.3. The van der Waals surface area contributed by atoms with Crippen molar-refractivity contribution in [3.63, 3.8) is 0 Å². The lowest BCUT2D eigenvalue weighted by atomic mass is 9.88. The predicted octanol–water partition coefficient (Wildman–Crippen LogP) is 19.1. The van der Waals surface area contributed by atoms with Crippen LogP contribution in [-0.4, -0.2) is 0 Å². The molecule has 1 nitrogen and oxygen atoms in total. The van der Waals surface area contributed by atoms with Gasteiger partial charge in [0.05, 0.1) is 5.69 Å². The molecule has 69 heavy (non-hydrogen) atoms. The number of nitrogens with zero attached hydrogens (tertiary/aromatic N) is 1. The first-order valence-electron chi connectivity index (χ1n) is 23.7. The third-order valence-corrected chi connectivity index (χ3v) is 13.6. The molecule has 0 aliphatic heterocycles. The number of anilines is 3. The molecule has 12 rings (SSSR count). The van der Waals surface area contributed by atoms with E-state index in [9.17, 15) is 0 Å². The van der Waals surface area contributed by atoms with Crippen molar-refractivity contribution in [3.8, 4) is 77.9 Å². The van der Waals surface area contributed by atoms with Gasteiger partial charge in [0, 0.05) is 16.9 Å². The molecule has 0 unspecified atom stereocenters. The lowest BCUT2D eigenvalue weighted by Gasteiger charge is -2.29. The van der Waals surface area contributed by atoms with Crippen LogP contribution in [0.4, 0.5) is 17.1 Å². The van der Waals surface area contributed by atoms with Crippen LogP contribution >= 0.6 is 0 Å². The number of benzene rings is 12. The average Bonchev–Trinajstić information content (AvgIpc) is 3.44. The van der Waals surface area contributed by atoms with Gasteiger partial charge in [-0.1, -0.05) is 255 Å². The van der Waals surface area contributed by atoms with Crippen molar-refractivity contribution in [2.24, 2.45) is 0 Å². The van der Waals surface area contributed by atoms with E-state index in [2.05, 4.69) is 290 Å². The molecule has 0 aromatic heterocycles. The minimum absolute atomic E-state index is 1.08. The number of para-hydroxylation sites is 1. The highest BCUT2D eigenvalue weighted by Gasteiger charge is 2.21. The first-order valence-corrected chi connectivity index (χ1v) is 23.7. The van der Waals surface area contributed by atoms with E-state index in [1.54, 1.807) is 0 Å². The number of rotatable bonds is 10. The van der Waals surface area contributed by atoms with Crippen LogP contribution < -0.4 is 4.90 Å². The Morgan fingerprint density at radius 2 is 0.478 bits per heavy atom. The van der Waals surface area contributed by atoms with Crippen LogP contribution in [0.15, 0.2) is 285 Å². The second-order valence-corrected chi connectivity index (χ2v) is 17.6. The molecule has 0 spiro atoms. The molecule has 1 heteroatoms. The molecule has 324 valence electrons. The molecule has 0 fully saturated rings. The van der Waals surface area contributed by atoms with Gasteiger partial charge in [-0.3, -0.25) is 0 Å². The van der Waals surface area contributed by atoms with Crippen molar-refractivity contribution in [1.29, 1.82) is 0 Å². The van der Waals surface area contributed by atoms with E-state index in [0.717, 1.165) is 22.6 Å². The molecule has 0 saturated carbocycles. The van der Waals surface area contributed by atoms with E-state index in [0.29, 0.717) is 0 Å². The molecule has 0 heterocycles. The van der Waals surface area contributed by atoms with Gasteiger partial charge in [0.25, 0.3) is 0 Å². The Labute approximate surface area is 404 Å². The molecular weight excluding hydrogens is 831 g/mol. The molecule has 0 amide bonds. The highest BCUT2D eigenvalue weighted by molar-refractivity contribution is 6.00. The summed E-state index contributed by atoms with van der Waals surface area (Å²) >= 11 is 0. The first-order chi connectivity index (χ1) is 34.2. The van der Waals surface area contributed by atoms with Gasteiger partial charge in [0.1, 0.15) is 0 Å². The van der Waals surface area contributed by atoms with Crippen LogP contribution in [-0.2, 0) is 0 Å². The smallest absolute Gasteiger partial charge is 0.0540 e. The summed E-state index contributed by atoms with van der Waals surface area (Å²) < 4.78 is 0. The molecule has 12 aromatic carbocycles. The van der Waals surface area contributed by atoms with Crippen molar-refractivity contribution < 1.29 is 0 Å². The summed E-state index contributed by atoms with van der Waals surface area (Å²) in [5.41, 5.74) is 20.0. The maximum absolute atomic E-state index is 2.41. The van der Waals surface area contributed by atoms with Crippen molar-refractivity contribution >= 4 is 38.6 Å². The number of hydrogen-bond acceptors (Lipinski definition) is 1. The molecular formula is C68H47N. The Hall–Kier alpha value is -9.04. The van der Waals surface area contributed by atoms with Crippen LogP contribution in [0, 0.1) is 0 Å². The maximum Gasteiger partial charge on any atom is 0.0540 e. The largest absolute Gasteiger partial charge is 0.310 e. The zero-order chi connectivity index (χ0) is 45.9. The molecule has 0 N–H and O–H groups in total. The molecule has 0 radical (unpaired) electrons. The fourth-order valence-corrected chi connectivity index (χ4v) is 10.1. The molecule has 12 aromatic rings. The molecule has 0 aliphatic rings. The number of fused-ring (bicyclic) bond motifs is 2. The summed E-state index contributed by atoms with van der Waals surface area (Å²) in [4.78, 5) is 2.41. The minimum atomic E-state index is 1.08. The van der Waals surface area contributed by atoms with E-state index in [1.807, 2.05) is 0 Å². The van der Waals surface area contributed by atoms with Crippen LogP contribution in [0.5, 0.6) is 0 Å². The summed E-state index contributed by atoms with van der Waals surface area (Å²) in [7, 11) is 0. The quantitative estimate of drug-likeness (QED) is 0.132.